The first-order valence-electron chi connectivity index (χ1n) is 11.3. The zero-order valence-electron chi connectivity index (χ0n) is 19.3. The molecule has 1 saturated carbocycles. The van der Waals surface area contributed by atoms with E-state index in [4.69, 9.17) is 0 Å². The number of pyridine rings is 1. The van der Waals surface area contributed by atoms with Crippen molar-refractivity contribution in [3.05, 3.63) is 89.6 Å². The van der Waals surface area contributed by atoms with Gasteiger partial charge in [-0.05, 0) is 54.8 Å². The van der Waals surface area contributed by atoms with E-state index in [-0.39, 0.29) is 18.3 Å². The van der Waals surface area contributed by atoms with Crippen molar-refractivity contribution >= 4 is 28.7 Å². The van der Waals surface area contributed by atoms with Crippen LogP contribution in [0.2, 0.25) is 0 Å². The first kappa shape index (κ1) is 23.2. The topological polar surface area (TPSA) is 115 Å². The number of aromatic nitrogens is 3. The standard InChI is InChI=1S/C26H22FN5O4/c1-36-23(33)15-29-24(34)16-3-2-4-17(11-16)26(9-10-26)31-25(35)21-12-28-14-22-20(21)13-30-32(22)19-7-5-18(27)6-8-19/h2-8,11-14H,9-10,15H2,1H3,(H,29,34)(H,31,35). The van der Waals surface area contributed by atoms with Crippen molar-refractivity contribution in [2.75, 3.05) is 13.7 Å². The van der Waals surface area contributed by atoms with Crippen LogP contribution >= 0.6 is 0 Å². The summed E-state index contributed by atoms with van der Waals surface area (Å²) >= 11 is 0. The van der Waals surface area contributed by atoms with E-state index in [1.165, 1.54) is 25.4 Å². The van der Waals surface area contributed by atoms with Crippen LogP contribution in [0.5, 0.6) is 0 Å². The van der Waals surface area contributed by atoms with Crippen molar-refractivity contribution in [1.82, 2.24) is 25.4 Å². The second-order valence-electron chi connectivity index (χ2n) is 8.53. The van der Waals surface area contributed by atoms with Crippen LogP contribution in [0.25, 0.3) is 16.6 Å². The molecule has 0 atom stereocenters. The number of hydrogen-bond acceptors (Lipinski definition) is 6. The summed E-state index contributed by atoms with van der Waals surface area (Å²) in [6.07, 6.45) is 6.10. The lowest BCUT2D eigenvalue weighted by atomic mass is 10.0. The third kappa shape index (κ3) is 4.40. The van der Waals surface area contributed by atoms with Crippen LogP contribution in [-0.2, 0) is 15.1 Å². The van der Waals surface area contributed by atoms with Crippen LogP contribution in [0, 0.1) is 5.82 Å². The van der Waals surface area contributed by atoms with Gasteiger partial charge in [-0.2, -0.15) is 5.10 Å². The van der Waals surface area contributed by atoms with Gasteiger partial charge in [0.1, 0.15) is 12.4 Å². The highest BCUT2D eigenvalue weighted by Crippen LogP contribution is 2.46. The number of carbonyl (C=O) groups is 3. The van der Waals surface area contributed by atoms with E-state index in [2.05, 4.69) is 25.5 Å². The molecule has 5 rings (SSSR count). The van der Waals surface area contributed by atoms with Crippen molar-refractivity contribution in [3.63, 3.8) is 0 Å². The average molecular weight is 487 g/mol. The van der Waals surface area contributed by atoms with E-state index in [0.29, 0.717) is 40.6 Å². The minimum Gasteiger partial charge on any atom is -0.468 e. The fourth-order valence-electron chi connectivity index (χ4n) is 4.09. The number of methoxy groups -OCH3 is 1. The number of carbonyl (C=O) groups excluding carboxylic acids is 3. The summed E-state index contributed by atoms with van der Waals surface area (Å²) in [6, 6.07) is 12.8. The molecule has 0 bridgehead atoms. The number of nitrogens with one attached hydrogen (secondary N) is 2. The fourth-order valence-corrected chi connectivity index (χ4v) is 4.09. The molecule has 1 fully saturated rings. The first-order valence-corrected chi connectivity index (χ1v) is 11.3. The molecule has 4 aromatic rings. The number of rotatable bonds is 7. The second kappa shape index (κ2) is 9.21. The third-order valence-electron chi connectivity index (χ3n) is 6.21. The number of nitrogens with zero attached hydrogens (tertiary/aromatic N) is 3. The van der Waals surface area contributed by atoms with Crippen molar-refractivity contribution in [3.8, 4) is 5.69 Å². The summed E-state index contributed by atoms with van der Waals surface area (Å²) in [6.45, 7) is -0.232. The lowest BCUT2D eigenvalue weighted by Crippen LogP contribution is -2.35. The van der Waals surface area contributed by atoms with E-state index in [9.17, 15) is 18.8 Å². The van der Waals surface area contributed by atoms with Crippen molar-refractivity contribution in [2.45, 2.75) is 18.4 Å². The van der Waals surface area contributed by atoms with Gasteiger partial charge in [0.2, 0.25) is 0 Å². The lowest BCUT2D eigenvalue weighted by Gasteiger charge is -2.19. The van der Waals surface area contributed by atoms with Gasteiger partial charge in [-0.15, -0.1) is 0 Å². The van der Waals surface area contributed by atoms with Gasteiger partial charge in [-0.1, -0.05) is 12.1 Å². The van der Waals surface area contributed by atoms with Gasteiger partial charge in [0.25, 0.3) is 11.8 Å². The molecule has 36 heavy (non-hydrogen) atoms. The Morgan fingerprint density at radius 2 is 1.83 bits per heavy atom. The van der Waals surface area contributed by atoms with E-state index >= 15 is 0 Å². The van der Waals surface area contributed by atoms with Gasteiger partial charge in [0, 0.05) is 17.1 Å². The molecule has 0 radical (unpaired) electrons. The SMILES string of the molecule is COC(=O)CNC(=O)c1cccc(C2(NC(=O)c3cncc4c3cnn4-c3ccc(F)cc3)CC2)c1. The Morgan fingerprint density at radius 3 is 2.56 bits per heavy atom. The van der Waals surface area contributed by atoms with Crippen LogP contribution in [0.1, 0.15) is 39.1 Å². The minimum absolute atomic E-state index is 0.232. The first-order chi connectivity index (χ1) is 17.4. The van der Waals surface area contributed by atoms with E-state index in [0.717, 1.165) is 5.56 Å². The number of fused-ring (bicyclic) bond motifs is 1. The number of hydrogen-bond donors (Lipinski definition) is 2. The smallest absolute Gasteiger partial charge is 0.325 e. The van der Waals surface area contributed by atoms with E-state index < -0.39 is 17.4 Å². The molecular weight excluding hydrogens is 465 g/mol. The highest BCUT2D eigenvalue weighted by Gasteiger charge is 2.46. The summed E-state index contributed by atoms with van der Waals surface area (Å²) < 4.78 is 19.5. The molecule has 182 valence electrons. The molecule has 2 amide bonds. The Labute approximate surface area is 205 Å². The number of amides is 2. The van der Waals surface area contributed by atoms with Crippen molar-refractivity contribution in [1.29, 1.82) is 0 Å². The van der Waals surface area contributed by atoms with E-state index in [1.807, 2.05) is 6.07 Å². The molecule has 0 spiro atoms. The number of halogens is 1. The molecule has 2 heterocycles. The Balaban J connectivity index is 1.38. The quantitative estimate of drug-likeness (QED) is 0.388. The Morgan fingerprint density at radius 1 is 1.06 bits per heavy atom. The van der Waals surface area contributed by atoms with Crippen molar-refractivity contribution in [2.24, 2.45) is 0 Å². The Bertz CT molecular complexity index is 1480. The summed E-state index contributed by atoms with van der Waals surface area (Å²) in [5, 5.41) is 10.6. The minimum atomic E-state index is -0.606. The normalized spacial score (nSPS) is 13.7. The zero-order chi connectivity index (χ0) is 25.3. The lowest BCUT2D eigenvalue weighted by molar-refractivity contribution is -0.139. The zero-order valence-corrected chi connectivity index (χ0v) is 19.3. The highest BCUT2D eigenvalue weighted by atomic mass is 19.1. The molecule has 2 aromatic carbocycles. The monoisotopic (exact) mass is 487 g/mol. The van der Waals surface area contributed by atoms with Crippen LogP contribution in [0.4, 0.5) is 4.39 Å². The van der Waals surface area contributed by atoms with Gasteiger partial charge in [0.15, 0.2) is 0 Å². The summed E-state index contributed by atoms with van der Waals surface area (Å²) in [5.41, 5.74) is 2.18. The summed E-state index contributed by atoms with van der Waals surface area (Å²) in [5.74, 6) is -1.62. The average Bonchev–Trinajstić information content (AvgIpc) is 3.56. The second-order valence-corrected chi connectivity index (χ2v) is 8.53. The molecule has 0 aliphatic heterocycles. The largest absolute Gasteiger partial charge is 0.468 e. The summed E-state index contributed by atoms with van der Waals surface area (Å²) in [7, 11) is 1.25. The molecular formula is C26H22FN5O4. The molecule has 10 heteroatoms. The van der Waals surface area contributed by atoms with Gasteiger partial charge < -0.3 is 15.4 Å². The highest BCUT2D eigenvalue weighted by molar-refractivity contribution is 6.06. The van der Waals surface area contributed by atoms with Gasteiger partial charge >= 0.3 is 5.97 Å². The molecule has 1 aliphatic rings. The Hall–Kier alpha value is -4.60. The predicted molar refractivity (Wildman–Crippen MR) is 128 cm³/mol. The molecule has 0 unspecified atom stereocenters. The molecule has 9 nitrogen and oxygen atoms in total. The maximum atomic E-state index is 13.3. The van der Waals surface area contributed by atoms with Crippen LogP contribution in [-0.4, -0.2) is 46.2 Å². The molecule has 2 aromatic heterocycles. The van der Waals surface area contributed by atoms with Gasteiger partial charge in [-0.25, -0.2) is 9.07 Å². The van der Waals surface area contributed by atoms with Crippen molar-refractivity contribution < 1.29 is 23.5 Å². The van der Waals surface area contributed by atoms with Gasteiger partial charge in [-0.3, -0.25) is 19.4 Å². The predicted octanol–water partition coefficient (Wildman–Crippen LogP) is 2.88. The summed E-state index contributed by atoms with van der Waals surface area (Å²) in [4.78, 5) is 41.3. The molecule has 1 aliphatic carbocycles. The Kier molecular flexibility index (Phi) is 5.93. The number of esters is 1. The number of ether oxygens (including phenoxy) is 1. The molecule has 0 saturated heterocycles. The third-order valence-corrected chi connectivity index (χ3v) is 6.21. The van der Waals surface area contributed by atoms with Crippen LogP contribution < -0.4 is 10.6 Å². The molecule has 2 N–H and O–H groups in total. The number of benzene rings is 2. The van der Waals surface area contributed by atoms with Crippen LogP contribution in [0.3, 0.4) is 0 Å². The van der Waals surface area contributed by atoms with Gasteiger partial charge in [0.05, 0.1) is 41.8 Å². The van der Waals surface area contributed by atoms with E-state index in [1.54, 1.807) is 47.4 Å². The maximum absolute atomic E-state index is 13.3. The maximum Gasteiger partial charge on any atom is 0.325 e. The fraction of sp³-hybridized carbons (Fsp3) is 0.192. The van der Waals surface area contributed by atoms with Crippen LogP contribution in [0.15, 0.2) is 67.1 Å².